The smallest absolute Gasteiger partial charge is 0.206 e. The molecule has 0 bridgehead atoms. The molecule has 0 unspecified atom stereocenters. The van der Waals surface area contributed by atoms with Crippen LogP contribution in [0.2, 0.25) is 0 Å². The third-order valence-electron chi connectivity index (χ3n) is 6.03. The Hall–Kier alpha value is -4.47. The second-order valence-electron chi connectivity index (χ2n) is 8.48. The lowest BCUT2D eigenvalue weighted by molar-refractivity contribution is 0.207. The molecule has 0 aliphatic rings. The summed E-state index contributed by atoms with van der Waals surface area (Å²) in [6.07, 6.45) is 3.80. The molecule has 0 aliphatic carbocycles. The molecule has 0 atom stereocenters. The first kappa shape index (κ1) is 26.1. The van der Waals surface area contributed by atoms with Gasteiger partial charge in [0.15, 0.2) is 11.5 Å². The van der Waals surface area contributed by atoms with Crippen LogP contribution in [0.4, 0.5) is 0 Å². The molecule has 0 aliphatic heterocycles. The standard InChI is InChI=1S/C30H29N5O3S/c1-36-17-16-31-30-35(26(21-39-30)22-10-6-4-7-11-22)32-19-24-20-34(25-12-8-5-9-13-25)33-29(24)23-14-15-27(37-2)28(18-23)38-3/h4-15,18-21H,16-17H2,1-3H3/b31-30?,32-19+. The zero-order valence-electron chi connectivity index (χ0n) is 22.0. The molecule has 198 valence electrons. The Bertz CT molecular complexity index is 1620. The minimum atomic E-state index is 0.537. The van der Waals surface area contributed by atoms with Crippen molar-refractivity contribution in [1.82, 2.24) is 14.5 Å². The maximum atomic E-state index is 5.56. The number of ether oxygens (including phenoxy) is 3. The first-order chi connectivity index (χ1) is 19.2. The summed E-state index contributed by atoms with van der Waals surface area (Å²) in [5.41, 5.74) is 5.44. The molecule has 0 saturated carbocycles. The lowest BCUT2D eigenvalue weighted by Gasteiger charge is -2.09. The lowest BCUT2D eigenvalue weighted by atomic mass is 10.1. The van der Waals surface area contributed by atoms with Gasteiger partial charge in [0.25, 0.3) is 0 Å². The fraction of sp³-hybridized carbons (Fsp3) is 0.167. The van der Waals surface area contributed by atoms with E-state index in [1.54, 1.807) is 32.7 Å². The molecule has 3 aromatic carbocycles. The number of rotatable bonds is 10. The van der Waals surface area contributed by atoms with E-state index in [0.29, 0.717) is 24.7 Å². The van der Waals surface area contributed by atoms with E-state index in [9.17, 15) is 0 Å². The first-order valence-corrected chi connectivity index (χ1v) is 13.3. The van der Waals surface area contributed by atoms with E-state index in [1.165, 1.54) is 0 Å². The van der Waals surface area contributed by atoms with Crippen LogP contribution in [0.15, 0.2) is 101 Å². The molecule has 39 heavy (non-hydrogen) atoms. The average Bonchev–Trinajstić information content (AvgIpc) is 3.61. The van der Waals surface area contributed by atoms with Crippen molar-refractivity contribution in [3.63, 3.8) is 0 Å². The molecule has 2 aromatic heterocycles. The SMILES string of the molecule is COCCN=c1scc(-c2ccccc2)n1/N=C/c1cn(-c2ccccc2)nc1-c1ccc(OC)c(OC)c1. The van der Waals surface area contributed by atoms with Crippen molar-refractivity contribution in [3.05, 3.63) is 101 Å². The topological polar surface area (TPSA) is 75.2 Å². The molecule has 2 heterocycles. The summed E-state index contributed by atoms with van der Waals surface area (Å²) < 4.78 is 19.9. The van der Waals surface area contributed by atoms with Crippen molar-refractivity contribution in [1.29, 1.82) is 0 Å². The summed E-state index contributed by atoms with van der Waals surface area (Å²) >= 11 is 1.54. The normalized spacial score (nSPS) is 11.8. The van der Waals surface area contributed by atoms with Gasteiger partial charge in [-0.2, -0.15) is 10.2 Å². The second kappa shape index (κ2) is 12.4. The monoisotopic (exact) mass is 539 g/mol. The Kier molecular flexibility index (Phi) is 8.30. The molecular formula is C30H29N5O3S. The number of hydrogen-bond acceptors (Lipinski definition) is 7. The number of benzene rings is 3. The Morgan fingerprint density at radius 1 is 0.872 bits per heavy atom. The van der Waals surface area contributed by atoms with Crippen molar-refractivity contribution in [2.24, 2.45) is 10.1 Å². The van der Waals surface area contributed by atoms with Crippen LogP contribution in [-0.2, 0) is 4.74 Å². The van der Waals surface area contributed by atoms with E-state index in [2.05, 4.69) is 17.5 Å². The highest BCUT2D eigenvalue weighted by Gasteiger charge is 2.15. The molecule has 0 saturated heterocycles. The van der Waals surface area contributed by atoms with Gasteiger partial charge < -0.3 is 14.2 Å². The van der Waals surface area contributed by atoms with E-state index in [4.69, 9.17) is 29.4 Å². The Labute approximate surface area is 231 Å². The lowest BCUT2D eigenvalue weighted by Crippen LogP contribution is -2.13. The summed E-state index contributed by atoms with van der Waals surface area (Å²) in [5, 5.41) is 11.9. The third kappa shape index (κ3) is 5.84. The molecular weight excluding hydrogens is 510 g/mol. The summed E-state index contributed by atoms with van der Waals surface area (Å²) in [7, 11) is 4.92. The molecule has 5 rings (SSSR count). The van der Waals surface area contributed by atoms with Crippen LogP contribution in [0.3, 0.4) is 0 Å². The van der Waals surface area contributed by atoms with Crippen molar-refractivity contribution >= 4 is 17.6 Å². The van der Waals surface area contributed by atoms with Crippen LogP contribution in [0.5, 0.6) is 11.5 Å². The fourth-order valence-corrected chi connectivity index (χ4v) is 4.95. The molecule has 0 fully saturated rings. The van der Waals surface area contributed by atoms with Crippen LogP contribution >= 0.6 is 11.3 Å². The van der Waals surface area contributed by atoms with Crippen LogP contribution < -0.4 is 14.3 Å². The number of para-hydroxylation sites is 1. The van der Waals surface area contributed by atoms with Crippen LogP contribution in [0.25, 0.3) is 28.2 Å². The highest BCUT2D eigenvalue weighted by atomic mass is 32.1. The van der Waals surface area contributed by atoms with Gasteiger partial charge in [0.2, 0.25) is 4.80 Å². The second-order valence-corrected chi connectivity index (χ2v) is 9.32. The van der Waals surface area contributed by atoms with Gasteiger partial charge >= 0.3 is 0 Å². The van der Waals surface area contributed by atoms with Crippen molar-refractivity contribution < 1.29 is 14.2 Å². The number of nitrogens with zero attached hydrogens (tertiary/aromatic N) is 5. The Balaban J connectivity index is 1.63. The molecule has 9 heteroatoms. The van der Waals surface area contributed by atoms with Crippen molar-refractivity contribution in [2.75, 3.05) is 34.5 Å². The number of thiazole rings is 1. The summed E-state index contributed by atoms with van der Waals surface area (Å²) in [4.78, 5) is 5.50. The van der Waals surface area contributed by atoms with Gasteiger partial charge in [-0.25, -0.2) is 9.36 Å². The van der Waals surface area contributed by atoms with Gasteiger partial charge in [-0.1, -0.05) is 48.5 Å². The van der Waals surface area contributed by atoms with Crippen LogP contribution in [-0.4, -0.2) is 55.2 Å². The van der Waals surface area contributed by atoms with Crippen LogP contribution in [0, 0.1) is 0 Å². The molecule has 8 nitrogen and oxygen atoms in total. The highest BCUT2D eigenvalue weighted by Crippen LogP contribution is 2.33. The molecule has 0 spiro atoms. The fourth-order valence-electron chi connectivity index (χ4n) is 4.08. The third-order valence-corrected chi connectivity index (χ3v) is 6.88. The summed E-state index contributed by atoms with van der Waals surface area (Å²) in [6, 6.07) is 25.9. The van der Waals surface area contributed by atoms with E-state index >= 15 is 0 Å². The minimum Gasteiger partial charge on any atom is -0.493 e. The predicted octanol–water partition coefficient (Wildman–Crippen LogP) is 5.52. The van der Waals surface area contributed by atoms with Gasteiger partial charge in [-0.15, -0.1) is 11.3 Å². The average molecular weight is 540 g/mol. The van der Waals surface area contributed by atoms with Crippen molar-refractivity contribution in [2.45, 2.75) is 0 Å². The van der Waals surface area contributed by atoms with E-state index in [0.717, 1.165) is 38.6 Å². The zero-order valence-corrected chi connectivity index (χ0v) is 22.8. The minimum absolute atomic E-state index is 0.537. The van der Waals surface area contributed by atoms with Gasteiger partial charge in [0, 0.05) is 35.4 Å². The highest BCUT2D eigenvalue weighted by molar-refractivity contribution is 7.07. The number of hydrogen-bond donors (Lipinski definition) is 0. The Morgan fingerprint density at radius 3 is 2.33 bits per heavy atom. The zero-order chi connectivity index (χ0) is 27.0. The predicted molar refractivity (Wildman–Crippen MR) is 155 cm³/mol. The Morgan fingerprint density at radius 2 is 1.62 bits per heavy atom. The maximum Gasteiger partial charge on any atom is 0.206 e. The van der Waals surface area contributed by atoms with Gasteiger partial charge in [0.05, 0.1) is 45.0 Å². The van der Waals surface area contributed by atoms with Gasteiger partial charge in [0.1, 0.15) is 5.69 Å². The van der Waals surface area contributed by atoms with E-state index < -0.39 is 0 Å². The van der Waals surface area contributed by atoms with Gasteiger partial charge in [-0.3, -0.25) is 4.99 Å². The molecule has 0 radical (unpaired) electrons. The number of aromatic nitrogens is 3. The van der Waals surface area contributed by atoms with E-state index in [-0.39, 0.29) is 0 Å². The molecule has 0 N–H and O–H groups in total. The first-order valence-electron chi connectivity index (χ1n) is 12.4. The molecule has 5 aromatic rings. The largest absolute Gasteiger partial charge is 0.493 e. The summed E-state index contributed by atoms with van der Waals surface area (Å²) in [6.45, 7) is 1.08. The van der Waals surface area contributed by atoms with Gasteiger partial charge in [-0.05, 0) is 30.3 Å². The van der Waals surface area contributed by atoms with Crippen LogP contribution in [0.1, 0.15) is 5.56 Å². The summed E-state index contributed by atoms with van der Waals surface area (Å²) in [5.74, 6) is 1.28. The van der Waals surface area contributed by atoms with Crippen molar-refractivity contribution in [3.8, 4) is 39.7 Å². The quantitative estimate of drug-likeness (QED) is 0.173. The maximum absolute atomic E-state index is 5.56. The van der Waals surface area contributed by atoms with E-state index in [1.807, 2.05) is 88.5 Å². The molecule has 0 amide bonds. The number of methoxy groups -OCH3 is 3.